The molecule has 1 saturated heterocycles. The summed E-state index contributed by atoms with van der Waals surface area (Å²) < 4.78 is 5.33. The molecule has 29 heavy (non-hydrogen) atoms. The molecule has 1 aliphatic rings. The summed E-state index contributed by atoms with van der Waals surface area (Å²) in [6, 6.07) is 13.7. The van der Waals surface area contributed by atoms with Crippen molar-refractivity contribution in [3.8, 4) is 0 Å². The fourth-order valence-electron chi connectivity index (χ4n) is 3.83. The standard InChI is InChI=1S/C23H25N3O2S/c1-15-5-4-6-20(17(15)3)25-9-11-26(12-10-25)23(29)24-18-7-8-19-16(2)13-22(27)28-21(19)14-18/h4-8,13-14H,9-12H2,1-3H3,(H,24,29). The van der Waals surface area contributed by atoms with Gasteiger partial charge in [-0.15, -0.1) is 0 Å². The number of rotatable bonds is 2. The van der Waals surface area contributed by atoms with Gasteiger partial charge in [-0.05, 0) is 67.9 Å². The number of nitrogens with zero attached hydrogens (tertiary/aromatic N) is 2. The van der Waals surface area contributed by atoms with Crippen molar-refractivity contribution in [3.05, 3.63) is 69.6 Å². The fourth-order valence-corrected chi connectivity index (χ4v) is 4.13. The molecule has 0 spiro atoms. The number of hydrogen-bond donors (Lipinski definition) is 1. The van der Waals surface area contributed by atoms with E-state index in [1.165, 1.54) is 22.9 Å². The Hall–Kier alpha value is -2.86. The van der Waals surface area contributed by atoms with E-state index < -0.39 is 0 Å². The third-order valence-corrected chi connectivity index (χ3v) is 6.05. The van der Waals surface area contributed by atoms with Gasteiger partial charge in [0.2, 0.25) is 0 Å². The predicted octanol–water partition coefficient (Wildman–Crippen LogP) is 4.24. The topological polar surface area (TPSA) is 48.7 Å². The summed E-state index contributed by atoms with van der Waals surface area (Å²) in [6.45, 7) is 9.83. The van der Waals surface area contributed by atoms with E-state index in [0.29, 0.717) is 10.7 Å². The molecule has 2 aromatic carbocycles. The van der Waals surface area contributed by atoms with Crippen molar-refractivity contribution in [1.82, 2.24) is 4.90 Å². The monoisotopic (exact) mass is 407 g/mol. The van der Waals surface area contributed by atoms with Gasteiger partial charge in [0.1, 0.15) is 5.58 Å². The minimum absolute atomic E-state index is 0.336. The van der Waals surface area contributed by atoms with Crippen LogP contribution >= 0.6 is 12.2 Å². The maximum atomic E-state index is 11.7. The number of anilines is 2. The fraction of sp³-hybridized carbons (Fsp3) is 0.304. The van der Waals surface area contributed by atoms with Gasteiger partial charge >= 0.3 is 5.63 Å². The van der Waals surface area contributed by atoms with Crippen molar-refractivity contribution in [2.24, 2.45) is 0 Å². The maximum Gasteiger partial charge on any atom is 0.336 e. The summed E-state index contributed by atoms with van der Waals surface area (Å²) in [6.07, 6.45) is 0. The van der Waals surface area contributed by atoms with E-state index in [1.54, 1.807) is 0 Å². The van der Waals surface area contributed by atoms with Gasteiger partial charge in [0.25, 0.3) is 0 Å². The Morgan fingerprint density at radius 1 is 1.00 bits per heavy atom. The molecule has 5 nitrogen and oxygen atoms in total. The third-order valence-electron chi connectivity index (χ3n) is 5.69. The van der Waals surface area contributed by atoms with Crippen molar-refractivity contribution in [3.63, 3.8) is 0 Å². The Balaban J connectivity index is 1.43. The van der Waals surface area contributed by atoms with Crippen LogP contribution in [0.15, 0.2) is 51.7 Å². The molecule has 0 atom stereocenters. The highest BCUT2D eigenvalue weighted by Gasteiger charge is 2.20. The highest BCUT2D eigenvalue weighted by atomic mass is 32.1. The second kappa shape index (κ2) is 7.87. The maximum absolute atomic E-state index is 11.7. The highest BCUT2D eigenvalue weighted by molar-refractivity contribution is 7.80. The van der Waals surface area contributed by atoms with Crippen molar-refractivity contribution in [1.29, 1.82) is 0 Å². The summed E-state index contributed by atoms with van der Waals surface area (Å²) in [4.78, 5) is 16.3. The van der Waals surface area contributed by atoms with Gasteiger partial charge in [-0.25, -0.2) is 4.79 Å². The van der Waals surface area contributed by atoms with Gasteiger partial charge in [-0.3, -0.25) is 0 Å². The zero-order chi connectivity index (χ0) is 20.5. The normalized spacial score (nSPS) is 14.3. The van der Waals surface area contributed by atoms with Gasteiger partial charge in [0, 0.05) is 55.1 Å². The molecule has 6 heteroatoms. The third kappa shape index (κ3) is 3.98. The van der Waals surface area contributed by atoms with E-state index >= 15 is 0 Å². The molecule has 150 valence electrons. The number of piperazine rings is 1. The number of aryl methyl sites for hydroxylation is 2. The first-order valence-electron chi connectivity index (χ1n) is 9.84. The molecule has 1 N–H and O–H groups in total. The van der Waals surface area contributed by atoms with E-state index in [0.717, 1.165) is 42.8 Å². The van der Waals surface area contributed by atoms with Crippen LogP contribution in [0.2, 0.25) is 0 Å². The van der Waals surface area contributed by atoms with E-state index in [4.69, 9.17) is 16.6 Å². The lowest BCUT2D eigenvalue weighted by Gasteiger charge is -2.38. The predicted molar refractivity (Wildman–Crippen MR) is 123 cm³/mol. The lowest BCUT2D eigenvalue weighted by Crippen LogP contribution is -2.50. The first kappa shape index (κ1) is 19.5. The Morgan fingerprint density at radius 2 is 1.76 bits per heavy atom. The Labute approximate surface area is 175 Å². The molecular weight excluding hydrogens is 382 g/mol. The first-order valence-corrected chi connectivity index (χ1v) is 10.2. The average molecular weight is 408 g/mol. The summed E-state index contributed by atoms with van der Waals surface area (Å²) in [5, 5.41) is 4.92. The molecule has 3 aromatic rings. The van der Waals surface area contributed by atoms with Gasteiger partial charge in [0.05, 0.1) is 0 Å². The van der Waals surface area contributed by atoms with Gasteiger partial charge < -0.3 is 19.5 Å². The van der Waals surface area contributed by atoms with Crippen LogP contribution < -0.4 is 15.8 Å². The van der Waals surface area contributed by atoms with Crippen LogP contribution in [0.5, 0.6) is 0 Å². The number of thiocarbonyl (C=S) groups is 1. The molecule has 4 rings (SSSR count). The van der Waals surface area contributed by atoms with E-state index in [1.807, 2.05) is 25.1 Å². The molecular formula is C23H25N3O2S. The van der Waals surface area contributed by atoms with Crippen LogP contribution in [0.1, 0.15) is 16.7 Å². The minimum Gasteiger partial charge on any atom is -0.423 e. The van der Waals surface area contributed by atoms with Crippen molar-refractivity contribution in [2.45, 2.75) is 20.8 Å². The van der Waals surface area contributed by atoms with E-state index in [9.17, 15) is 4.79 Å². The van der Waals surface area contributed by atoms with Crippen LogP contribution in [0, 0.1) is 20.8 Å². The largest absolute Gasteiger partial charge is 0.423 e. The number of nitrogens with one attached hydrogen (secondary N) is 1. The molecule has 1 fully saturated rings. The molecule has 0 saturated carbocycles. The summed E-state index contributed by atoms with van der Waals surface area (Å²) in [5.74, 6) is 0. The molecule has 0 bridgehead atoms. The first-order chi connectivity index (χ1) is 13.9. The molecule has 1 aliphatic heterocycles. The SMILES string of the molecule is Cc1cccc(N2CCN(C(=S)Nc3ccc4c(C)cc(=O)oc4c3)CC2)c1C. The van der Waals surface area contributed by atoms with Gasteiger partial charge in [0.15, 0.2) is 5.11 Å². The van der Waals surface area contributed by atoms with E-state index in [2.05, 4.69) is 47.2 Å². The van der Waals surface area contributed by atoms with Crippen LogP contribution in [0.25, 0.3) is 11.0 Å². The molecule has 0 unspecified atom stereocenters. The average Bonchev–Trinajstić information content (AvgIpc) is 2.70. The van der Waals surface area contributed by atoms with Gasteiger partial charge in [-0.2, -0.15) is 0 Å². The van der Waals surface area contributed by atoms with Crippen molar-refractivity contribution in [2.75, 3.05) is 36.4 Å². The summed E-state index contributed by atoms with van der Waals surface area (Å²) >= 11 is 5.64. The summed E-state index contributed by atoms with van der Waals surface area (Å²) in [5.41, 5.74) is 5.94. The van der Waals surface area contributed by atoms with Crippen LogP contribution in [-0.4, -0.2) is 36.2 Å². The molecule has 0 radical (unpaired) electrons. The zero-order valence-corrected chi connectivity index (χ0v) is 17.8. The quantitative estimate of drug-likeness (QED) is 0.507. The lowest BCUT2D eigenvalue weighted by molar-refractivity contribution is 0.390. The van der Waals surface area contributed by atoms with E-state index in [-0.39, 0.29) is 5.63 Å². The summed E-state index contributed by atoms with van der Waals surface area (Å²) in [7, 11) is 0. The second-order valence-corrected chi connectivity index (χ2v) is 7.97. The number of benzene rings is 2. The Bertz CT molecular complexity index is 1130. The van der Waals surface area contributed by atoms with Gasteiger partial charge in [-0.1, -0.05) is 12.1 Å². The molecule has 1 aromatic heterocycles. The highest BCUT2D eigenvalue weighted by Crippen LogP contribution is 2.25. The molecule has 0 amide bonds. The van der Waals surface area contributed by atoms with Crippen LogP contribution in [0.4, 0.5) is 11.4 Å². The molecule has 2 heterocycles. The van der Waals surface area contributed by atoms with Crippen LogP contribution in [-0.2, 0) is 0 Å². The van der Waals surface area contributed by atoms with Crippen molar-refractivity contribution >= 4 is 39.7 Å². The smallest absolute Gasteiger partial charge is 0.336 e. The number of hydrogen-bond acceptors (Lipinski definition) is 4. The number of fused-ring (bicyclic) bond motifs is 1. The minimum atomic E-state index is -0.336. The lowest BCUT2D eigenvalue weighted by atomic mass is 10.1. The second-order valence-electron chi connectivity index (χ2n) is 7.58. The Kier molecular flexibility index (Phi) is 5.28. The zero-order valence-electron chi connectivity index (χ0n) is 17.0. The van der Waals surface area contributed by atoms with Crippen LogP contribution in [0.3, 0.4) is 0 Å². The van der Waals surface area contributed by atoms with Crippen molar-refractivity contribution < 1.29 is 4.42 Å². The molecule has 0 aliphatic carbocycles. The Morgan fingerprint density at radius 3 is 2.52 bits per heavy atom.